The van der Waals surface area contributed by atoms with Crippen molar-refractivity contribution in [2.45, 2.75) is 0 Å². The van der Waals surface area contributed by atoms with Crippen molar-refractivity contribution in [3.8, 4) is 0 Å². The van der Waals surface area contributed by atoms with Gasteiger partial charge in [0, 0.05) is 39.2 Å². The molecule has 2 aromatic rings. The summed E-state index contributed by atoms with van der Waals surface area (Å²) in [6, 6.07) is 5.28. The molecular formula is C15H18N4O2. The van der Waals surface area contributed by atoms with Gasteiger partial charge >= 0.3 is 0 Å². The van der Waals surface area contributed by atoms with Gasteiger partial charge in [0.2, 0.25) is 0 Å². The molecule has 1 N–H and O–H groups in total. The molecule has 0 fully saturated rings. The minimum atomic E-state index is -0.169. The summed E-state index contributed by atoms with van der Waals surface area (Å²) >= 11 is 0. The molecule has 0 radical (unpaired) electrons. The summed E-state index contributed by atoms with van der Waals surface area (Å²) in [5.74, 6) is 1.40. The van der Waals surface area contributed by atoms with Crippen LogP contribution in [0.1, 0.15) is 11.4 Å². The fourth-order valence-electron chi connectivity index (χ4n) is 1.71. The summed E-state index contributed by atoms with van der Waals surface area (Å²) in [5.41, 5.74) is 0.767. The molecule has 0 spiro atoms. The molecule has 0 aliphatic rings. The molecule has 0 unspecified atom stereocenters. The fourth-order valence-corrected chi connectivity index (χ4v) is 1.71. The van der Waals surface area contributed by atoms with E-state index in [9.17, 15) is 4.79 Å². The highest BCUT2D eigenvalue weighted by Crippen LogP contribution is 2.11. The van der Waals surface area contributed by atoms with E-state index in [0.717, 1.165) is 17.9 Å². The smallest absolute Gasteiger partial charge is 0.251 e. The van der Waals surface area contributed by atoms with E-state index in [1.54, 1.807) is 19.4 Å². The average Bonchev–Trinajstić information content (AvgIpc) is 2.51. The van der Waals surface area contributed by atoms with Crippen LogP contribution in [0.5, 0.6) is 0 Å². The summed E-state index contributed by atoms with van der Waals surface area (Å²) in [4.78, 5) is 24.2. The SMILES string of the molecule is COCCN(C)c1ccc(/C=C/c2nccc(=O)[nH]2)cn1. The number of hydrogen-bond acceptors (Lipinski definition) is 5. The number of anilines is 1. The van der Waals surface area contributed by atoms with Crippen molar-refractivity contribution in [3.05, 3.63) is 52.3 Å². The zero-order chi connectivity index (χ0) is 15.1. The number of pyridine rings is 1. The van der Waals surface area contributed by atoms with Gasteiger partial charge in [0.25, 0.3) is 5.56 Å². The number of hydrogen-bond donors (Lipinski definition) is 1. The van der Waals surface area contributed by atoms with Gasteiger partial charge in [-0.1, -0.05) is 0 Å². The Morgan fingerprint density at radius 1 is 1.29 bits per heavy atom. The number of methoxy groups -OCH3 is 1. The zero-order valence-corrected chi connectivity index (χ0v) is 12.1. The largest absolute Gasteiger partial charge is 0.383 e. The number of aromatic nitrogens is 3. The Balaban J connectivity index is 2.03. The minimum Gasteiger partial charge on any atom is -0.383 e. The maximum Gasteiger partial charge on any atom is 0.251 e. The monoisotopic (exact) mass is 286 g/mol. The van der Waals surface area contributed by atoms with Crippen LogP contribution >= 0.6 is 0 Å². The summed E-state index contributed by atoms with van der Waals surface area (Å²) in [6.07, 6.45) is 6.84. The predicted molar refractivity (Wildman–Crippen MR) is 83.2 cm³/mol. The first-order chi connectivity index (χ1) is 10.2. The van der Waals surface area contributed by atoms with Gasteiger partial charge < -0.3 is 14.6 Å². The molecule has 2 aromatic heterocycles. The number of rotatable bonds is 6. The van der Waals surface area contributed by atoms with Crippen molar-refractivity contribution >= 4 is 18.0 Å². The van der Waals surface area contributed by atoms with Gasteiger partial charge in [-0.2, -0.15) is 0 Å². The minimum absolute atomic E-state index is 0.169. The summed E-state index contributed by atoms with van der Waals surface area (Å²) in [5, 5.41) is 0. The van der Waals surface area contributed by atoms with Crippen LogP contribution < -0.4 is 10.5 Å². The number of ether oxygens (including phenoxy) is 1. The van der Waals surface area contributed by atoms with Crippen LogP contribution in [-0.4, -0.2) is 42.3 Å². The summed E-state index contributed by atoms with van der Waals surface area (Å²) in [7, 11) is 3.65. The Labute approximate surface area is 123 Å². The van der Waals surface area contributed by atoms with E-state index in [1.165, 1.54) is 12.3 Å². The van der Waals surface area contributed by atoms with Crippen LogP contribution in [0.2, 0.25) is 0 Å². The molecule has 0 amide bonds. The average molecular weight is 286 g/mol. The fraction of sp³-hybridized carbons (Fsp3) is 0.267. The van der Waals surface area contributed by atoms with E-state index in [0.29, 0.717) is 12.4 Å². The normalized spacial score (nSPS) is 11.0. The van der Waals surface area contributed by atoms with Gasteiger partial charge in [0.05, 0.1) is 6.61 Å². The second-order valence-electron chi connectivity index (χ2n) is 4.52. The third-order valence-corrected chi connectivity index (χ3v) is 2.92. The Morgan fingerprint density at radius 2 is 2.14 bits per heavy atom. The maximum atomic E-state index is 11.2. The lowest BCUT2D eigenvalue weighted by molar-refractivity contribution is 0.206. The van der Waals surface area contributed by atoms with Crippen molar-refractivity contribution in [1.82, 2.24) is 15.0 Å². The third-order valence-electron chi connectivity index (χ3n) is 2.92. The molecule has 110 valence electrons. The molecule has 2 heterocycles. The first-order valence-electron chi connectivity index (χ1n) is 6.58. The van der Waals surface area contributed by atoms with Crippen LogP contribution in [0.3, 0.4) is 0 Å². The van der Waals surface area contributed by atoms with E-state index in [1.807, 2.05) is 30.2 Å². The van der Waals surface area contributed by atoms with Crippen LogP contribution in [-0.2, 0) is 4.74 Å². The molecule has 0 aliphatic heterocycles. The molecule has 21 heavy (non-hydrogen) atoms. The lowest BCUT2D eigenvalue weighted by atomic mass is 10.2. The van der Waals surface area contributed by atoms with Gasteiger partial charge in [0.1, 0.15) is 11.6 Å². The Morgan fingerprint density at radius 3 is 2.81 bits per heavy atom. The number of nitrogens with zero attached hydrogens (tertiary/aromatic N) is 3. The van der Waals surface area contributed by atoms with E-state index < -0.39 is 0 Å². The maximum absolute atomic E-state index is 11.2. The van der Waals surface area contributed by atoms with Gasteiger partial charge in [-0.3, -0.25) is 4.79 Å². The lowest BCUT2D eigenvalue weighted by Crippen LogP contribution is -2.22. The highest BCUT2D eigenvalue weighted by molar-refractivity contribution is 5.66. The molecule has 0 bridgehead atoms. The van der Waals surface area contributed by atoms with E-state index in [2.05, 4.69) is 15.0 Å². The van der Waals surface area contributed by atoms with Gasteiger partial charge in [-0.05, 0) is 29.8 Å². The Hall–Kier alpha value is -2.47. The van der Waals surface area contributed by atoms with E-state index in [4.69, 9.17) is 4.74 Å². The molecule has 6 heteroatoms. The molecule has 0 aromatic carbocycles. The number of aromatic amines is 1. The molecule has 2 rings (SSSR count). The Bertz CT molecular complexity index is 649. The van der Waals surface area contributed by atoms with Gasteiger partial charge in [0.15, 0.2) is 0 Å². The van der Waals surface area contributed by atoms with Crippen molar-refractivity contribution in [2.24, 2.45) is 0 Å². The van der Waals surface area contributed by atoms with Crippen LogP contribution in [0.4, 0.5) is 5.82 Å². The first-order valence-corrected chi connectivity index (χ1v) is 6.58. The second kappa shape index (κ2) is 7.35. The van der Waals surface area contributed by atoms with Crippen molar-refractivity contribution in [1.29, 1.82) is 0 Å². The zero-order valence-electron chi connectivity index (χ0n) is 12.1. The first kappa shape index (κ1) is 14.9. The third kappa shape index (κ3) is 4.54. The molecule has 6 nitrogen and oxygen atoms in total. The van der Waals surface area contributed by atoms with Crippen LogP contribution in [0.15, 0.2) is 35.4 Å². The van der Waals surface area contributed by atoms with E-state index >= 15 is 0 Å². The number of H-pyrrole nitrogens is 1. The predicted octanol–water partition coefficient (Wildman–Crippen LogP) is 1.42. The molecule has 0 aliphatic carbocycles. The highest BCUT2D eigenvalue weighted by atomic mass is 16.5. The topological polar surface area (TPSA) is 71.1 Å². The molecular weight excluding hydrogens is 268 g/mol. The number of nitrogens with one attached hydrogen (secondary N) is 1. The standard InChI is InChI=1S/C15H18N4O2/c1-19(9-10-21-2)14-6-4-12(11-17-14)3-5-13-16-8-7-15(20)18-13/h3-8,11H,9-10H2,1-2H3,(H,16,18,20)/b5-3+. The van der Waals surface area contributed by atoms with Crippen LogP contribution in [0, 0.1) is 0 Å². The highest BCUT2D eigenvalue weighted by Gasteiger charge is 2.01. The van der Waals surface area contributed by atoms with Gasteiger partial charge in [-0.25, -0.2) is 9.97 Å². The lowest BCUT2D eigenvalue weighted by Gasteiger charge is -2.17. The quantitative estimate of drug-likeness (QED) is 0.869. The second-order valence-corrected chi connectivity index (χ2v) is 4.52. The summed E-state index contributed by atoms with van der Waals surface area (Å²) < 4.78 is 5.04. The van der Waals surface area contributed by atoms with Crippen molar-refractivity contribution in [2.75, 3.05) is 32.2 Å². The van der Waals surface area contributed by atoms with Crippen LogP contribution in [0.25, 0.3) is 12.2 Å². The van der Waals surface area contributed by atoms with Gasteiger partial charge in [-0.15, -0.1) is 0 Å². The van der Waals surface area contributed by atoms with Crippen molar-refractivity contribution < 1.29 is 4.74 Å². The summed E-state index contributed by atoms with van der Waals surface area (Å²) in [6.45, 7) is 1.45. The van der Waals surface area contributed by atoms with Crippen molar-refractivity contribution in [3.63, 3.8) is 0 Å². The molecule has 0 saturated heterocycles. The number of likely N-dealkylation sites (N-methyl/N-ethyl adjacent to an activating group) is 1. The molecule has 0 saturated carbocycles. The molecule has 0 atom stereocenters. The Kier molecular flexibility index (Phi) is 5.22. The van der Waals surface area contributed by atoms with E-state index in [-0.39, 0.29) is 5.56 Å².